The van der Waals surface area contributed by atoms with Crippen LogP contribution in [0.2, 0.25) is 6.04 Å². The summed E-state index contributed by atoms with van der Waals surface area (Å²) in [6.07, 6.45) is -0.152. The van der Waals surface area contributed by atoms with Gasteiger partial charge < -0.3 is 22.8 Å². The average Bonchev–Trinajstić information content (AvgIpc) is 2.67. The Kier molecular flexibility index (Phi) is 12.4. The third-order valence-corrected chi connectivity index (χ3v) is 157. The van der Waals surface area contributed by atoms with Gasteiger partial charge >= 0.3 is 0 Å². The molecule has 1 aromatic rings. The Morgan fingerprint density at radius 2 is 1.45 bits per heavy atom. The normalized spacial score (nSPS) is 18.2. The molecule has 0 fully saturated rings. The molecule has 1 aromatic carbocycles. The van der Waals surface area contributed by atoms with Crippen molar-refractivity contribution in [3.8, 4) is 11.5 Å². The summed E-state index contributed by atoms with van der Waals surface area (Å²) in [6, 6.07) is 5.49. The minimum absolute atomic E-state index is 0.789. The van der Waals surface area contributed by atoms with Crippen molar-refractivity contribution in [1.29, 1.82) is 0 Å². The molecule has 0 N–H and O–H groups in total. The zero-order valence-electron chi connectivity index (χ0n) is 21.8. The molecular weight excluding hydrogens is 537 g/mol. The van der Waals surface area contributed by atoms with Gasteiger partial charge in [-0.15, -0.1) is 0 Å². The minimum Gasteiger partial charge on any atom is -0.496 e. The van der Waals surface area contributed by atoms with Gasteiger partial charge in [0, 0.05) is 51.0 Å². The molecule has 14 heteroatoms. The van der Waals surface area contributed by atoms with Crippen LogP contribution in [0.1, 0.15) is 31.9 Å². The summed E-state index contributed by atoms with van der Waals surface area (Å²) >= 11 is 0. The summed E-state index contributed by atoms with van der Waals surface area (Å²) in [5, 5.41) is 0. The predicted octanol–water partition coefficient (Wildman–Crippen LogP) is -3.73. The molecule has 0 saturated carbocycles. The van der Waals surface area contributed by atoms with Crippen LogP contribution in [-0.4, -0.2) is 111 Å². The number of hydrogen-bond acceptors (Lipinski definition) is 5. The number of benzene rings is 1. The van der Waals surface area contributed by atoms with E-state index in [4.69, 9.17) is 22.8 Å². The third kappa shape index (κ3) is 6.62. The summed E-state index contributed by atoms with van der Waals surface area (Å²) in [6.45, 7) is 7.70. The maximum atomic E-state index is 6.86. The van der Waals surface area contributed by atoms with E-state index in [1.165, 1.54) is 66.0 Å². The highest BCUT2D eigenvalue weighted by molar-refractivity contribution is 8.11. The quantitative estimate of drug-likeness (QED) is 0.211. The van der Waals surface area contributed by atoms with E-state index in [0.29, 0.717) is 0 Å². The van der Waals surface area contributed by atoms with Gasteiger partial charge in [-0.1, -0.05) is 12.1 Å². The van der Waals surface area contributed by atoms with Gasteiger partial charge in [-0.2, -0.15) is 0 Å². The van der Waals surface area contributed by atoms with Crippen LogP contribution in [0, 0.1) is 6.92 Å². The Labute approximate surface area is 208 Å². The summed E-state index contributed by atoms with van der Waals surface area (Å²) in [4.78, 5) is 0. The van der Waals surface area contributed by atoms with Crippen LogP contribution in [0.4, 0.5) is 0 Å². The van der Waals surface area contributed by atoms with Crippen LogP contribution < -0.4 is 9.47 Å². The van der Waals surface area contributed by atoms with Crippen LogP contribution in [0.3, 0.4) is 0 Å². The first kappa shape index (κ1) is 29.7. The monoisotopic (exact) mass is 582 g/mol. The predicted molar refractivity (Wildman–Crippen MR) is 162 cm³/mol. The average molecular weight is 583 g/mol. The number of methoxy groups -OCH3 is 2. The maximum Gasteiger partial charge on any atom is 0.296 e. The van der Waals surface area contributed by atoms with Gasteiger partial charge in [0.25, 0.3) is 8.80 Å². The lowest BCUT2D eigenvalue weighted by molar-refractivity contribution is 0.229. The third-order valence-electron chi connectivity index (χ3n) is 6.56. The second-order valence-corrected chi connectivity index (χ2v) is 117. The Morgan fingerprint density at radius 3 is 1.87 bits per heavy atom. The molecule has 0 aliphatic heterocycles. The van der Waals surface area contributed by atoms with E-state index in [-0.39, 0.29) is 0 Å². The van der Waals surface area contributed by atoms with Crippen LogP contribution >= 0.6 is 0 Å². The van der Waals surface area contributed by atoms with Gasteiger partial charge in [-0.3, -0.25) is 0 Å². The standard InChI is InChI=1S/C17H46O5Si9/c1-7-20-28(21-8-2)29(31(25,26)27,30(23,24)22-9-3)13-12-15-16(18-5)11-10-14(4)17(15)19-6/h10-11,28H,7-9,12-13H2,1-6,23-27H3. The number of rotatable bonds is 14. The van der Waals surface area contributed by atoms with E-state index < -0.39 is 28.4 Å². The van der Waals surface area contributed by atoms with Gasteiger partial charge in [-0.05, 0) is 75.0 Å². The van der Waals surface area contributed by atoms with E-state index in [1.807, 2.05) is 0 Å². The van der Waals surface area contributed by atoms with Crippen molar-refractivity contribution in [3.05, 3.63) is 23.3 Å². The number of ether oxygens (including phenoxy) is 2. The second-order valence-electron chi connectivity index (χ2n) is 9.50. The van der Waals surface area contributed by atoms with E-state index in [0.717, 1.165) is 37.7 Å². The van der Waals surface area contributed by atoms with Gasteiger partial charge in [0.1, 0.15) is 25.0 Å². The maximum absolute atomic E-state index is 6.86. The second kappa shape index (κ2) is 12.9. The lowest BCUT2D eigenvalue weighted by Crippen LogP contribution is -2.89. The molecule has 1 rings (SSSR count). The number of aryl methyl sites for hydroxylation is 1. The van der Waals surface area contributed by atoms with Gasteiger partial charge in [0.2, 0.25) is 0 Å². The Balaban J connectivity index is 3.67. The van der Waals surface area contributed by atoms with E-state index in [1.54, 1.807) is 14.2 Å². The van der Waals surface area contributed by atoms with Crippen molar-refractivity contribution >= 4 is 77.2 Å². The Morgan fingerprint density at radius 1 is 0.871 bits per heavy atom. The number of hydrogen-bond donors (Lipinski definition) is 0. The van der Waals surface area contributed by atoms with Crippen LogP contribution in [0.25, 0.3) is 0 Å². The van der Waals surface area contributed by atoms with Gasteiger partial charge in [0.05, 0.1) is 14.2 Å². The molecule has 0 radical (unpaired) electrons. The molecular formula is C17H46O5Si9. The SMILES string of the molecule is CCO[SiH](OCC)[Si](CCc1c(OC)ccc(C)c1OC)([Si]([SiH3])([SiH3])[SiH3])[Si]([SiH3])([SiH3])OCC. The molecule has 0 amide bonds. The van der Waals surface area contributed by atoms with E-state index in [9.17, 15) is 0 Å². The molecule has 0 aliphatic carbocycles. The molecule has 0 heterocycles. The summed E-state index contributed by atoms with van der Waals surface area (Å²) in [5.74, 6) is 1.96. The molecule has 0 spiro atoms. The summed E-state index contributed by atoms with van der Waals surface area (Å²) in [7, 11) is 8.48. The van der Waals surface area contributed by atoms with Crippen molar-refractivity contribution in [2.45, 2.75) is 40.2 Å². The van der Waals surface area contributed by atoms with Crippen molar-refractivity contribution in [1.82, 2.24) is 0 Å². The highest BCUT2D eigenvalue weighted by Crippen LogP contribution is 2.37. The first-order chi connectivity index (χ1) is 14.5. The molecule has 0 bridgehead atoms. The Hall–Kier alpha value is 0.652. The largest absolute Gasteiger partial charge is 0.496 e. The summed E-state index contributed by atoms with van der Waals surface area (Å²) in [5.41, 5.74) is 2.43. The topological polar surface area (TPSA) is 46.2 Å². The first-order valence-corrected chi connectivity index (χ1v) is 39.9. The van der Waals surface area contributed by atoms with Gasteiger partial charge in [-0.25, -0.2) is 0 Å². The summed E-state index contributed by atoms with van der Waals surface area (Å²) < 4.78 is 31.8. The molecule has 0 saturated heterocycles. The Bertz CT molecular complexity index is 695. The molecule has 1 unspecified atom stereocenters. The molecule has 31 heavy (non-hydrogen) atoms. The fourth-order valence-corrected chi connectivity index (χ4v) is 279. The van der Waals surface area contributed by atoms with Gasteiger partial charge in [0.15, 0.2) is 0 Å². The molecule has 1 atom stereocenters. The van der Waals surface area contributed by atoms with Crippen LogP contribution in [0.5, 0.6) is 11.5 Å². The van der Waals surface area contributed by atoms with E-state index in [2.05, 4.69) is 39.8 Å². The fraction of sp³-hybridized carbons (Fsp3) is 0.647. The zero-order chi connectivity index (χ0) is 23.9. The highest BCUT2D eigenvalue weighted by Gasteiger charge is 2.64. The lowest BCUT2D eigenvalue weighted by Gasteiger charge is -2.53. The van der Waals surface area contributed by atoms with Crippen molar-refractivity contribution in [3.63, 3.8) is 0 Å². The molecule has 0 aliphatic rings. The molecule has 180 valence electrons. The minimum atomic E-state index is -1.74. The fourth-order valence-electron chi connectivity index (χ4n) is 5.22. The smallest absolute Gasteiger partial charge is 0.296 e. The molecule has 0 aromatic heterocycles. The molecule has 5 nitrogen and oxygen atoms in total. The van der Waals surface area contributed by atoms with Crippen LogP contribution in [-0.2, 0) is 19.7 Å². The van der Waals surface area contributed by atoms with Crippen LogP contribution in [0.15, 0.2) is 12.1 Å². The van der Waals surface area contributed by atoms with E-state index >= 15 is 0 Å². The highest BCUT2D eigenvalue weighted by atomic mass is 30.4. The zero-order valence-corrected chi connectivity index (χ0v) is 36.0. The van der Waals surface area contributed by atoms with Crippen molar-refractivity contribution in [2.24, 2.45) is 0 Å². The lowest BCUT2D eigenvalue weighted by atomic mass is 10.1. The van der Waals surface area contributed by atoms with Crippen molar-refractivity contribution < 1.29 is 22.8 Å². The first-order valence-electron chi connectivity index (χ1n) is 11.5. The van der Waals surface area contributed by atoms with Crippen molar-refractivity contribution in [2.75, 3.05) is 34.0 Å².